The Hall–Kier alpha value is -2.89. The molecule has 2 aromatic rings. The van der Waals surface area contributed by atoms with Crippen LogP contribution in [-0.2, 0) is 11.2 Å². The van der Waals surface area contributed by atoms with Crippen molar-refractivity contribution in [3.8, 4) is 5.75 Å². The highest BCUT2D eigenvalue weighted by Gasteiger charge is 2.18. The molecular weight excluding hydrogens is 306 g/mol. The van der Waals surface area contributed by atoms with Gasteiger partial charge < -0.3 is 15.8 Å². The quantitative estimate of drug-likeness (QED) is 0.769. The summed E-state index contributed by atoms with van der Waals surface area (Å²) in [5.41, 5.74) is 6.72. The van der Waals surface area contributed by atoms with Gasteiger partial charge in [0, 0.05) is 12.7 Å². The number of pyridine rings is 1. The van der Waals surface area contributed by atoms with Crippen LogP contribution in [0.25, 0.3) is 0 Å². The Labute approximate surface area is 141 Å². The second kappa shape index (κ2) is 8.67. The van der Waals surface area contributed by atoms with Crippen LogP contribution in [0.2, 0.25) is 0 Å². The molecule has 0 aliphatic carbocycles. The topological polar surface area (TPSA) is 94.3 Å². The van der Waals surface area contributed by atoms with Crippen LogP contribution < -0.4 is 15.8 Å². The summed E-state index contributed by atoms with van der Waals surface area (Å²) >= 11 is 0. The number of primary amides is 1. The summed E-state index contributed by atoms with van der Waals surface area (Å²) in [5.74, 6) is -0.491. The van der Waals surface area contributed by atoms with E-state index in [9.17, 15) is 9.59 Å². The maximum absolute atomic E-state index is 12.0. The lowest BCUT2D eigenvalue weighted by atomic mass is 9.98. The summed E-state index contributed by atoms with van der Waals surface area (Å²) < 4.78 is 5.39. The monoisotopic (exact) mass is 327 g/mol. The van der Waals surface area contributed by atoms with Gasteiger partial charge in [-0.25, -0.2) is 0 Å². The molecule has 2 rings (SSSR count). The number of carbonyl (C=O) groups excluding carboxylic acids is 2. The average Bonchev–Trinajstić information content (AvgIpc) is 2.60. The van der Waals surface area contributed by atoms with Gasteiger partial charge in [0.2, 0.25) is 5.91 Å². The van der Waals surface area contributed by atoms with E-state index in [1.807, 2.05) is 31.2 Å². The molecule has 0 aliphatic rings. The number of nitrogens with zero attached hydrogens (tertiary/aromatic N) is 1. The molecule has 6 heteroatoms. The molecule has 0 fully saturated rings. The number of nitrogens with one attached hydrogen (secondary N) is 1. The van der Waals surface area contributed by atoms with E-state index in [0.29, 0.717) is 18.7 Å². The molecule has 24 heavy (non-hydrogen) atoms. The highest BCUT2D eigenvalue weighted by molar-refractivity contribution is 5.92. The molecule has 126 valence electrons. The fourth-order valence-corrected chi connectivity index (χ4v) is 2.25. The largest absolute Gasteiger partial charge is 0.494 e. The molecular formula is C18H21N3O3. The number of benzene rings is 1. The standard InChI is InChI=1S/C18H21N3O3/c1-2-24-15-8-6-13(7-9-15)11-14(17(19)22)12-21-18(23)16-5-3-4-10-20-16/h3-10,14H,2,11-12H2,1H3,(H2,19,22)(H,21,23)/t14-/m1/s1. The molecule has 6 nitrogen and oxygen atoms in total. The molecule has 1 heterocycles. The minimum Gasteiger partial charge on any atom is -0.494 e. The fourth-order valence-electron chi connectivity index (χ4n) is 2.25. The summed E-state index contributed by atoms with van der Waals surface area (Å²) in [4.78, 5) is 27.6. The van der Waals surface area contributed by atoms with Crippen molar-refractivity contribution < 1.29 is 14.3 Å². The Morgan fingerprint density at radius 3 is 2.54 bits per heavy atom. The first-order valence-electron chi connectivity index (χ1n) is 7.80. The Morgan fingerprint density at radius 2 is 1.96 bits per heavy atom. The zero-order chi connectivity index (χ0) is 17.4. The van der Waals surface area contributed by atoms with E-state index < -0.39 is 11.8 Å². The predicted molar refractivity (Wildman–Crippen MR) is 90.6 cm³/mol. The van der Waals surface area contributed by atoms with Gasteiger partial charge in [-0.1, -0.05) is 18.2 Å². The SMILES string of the molecule is CCOc1ccc(C[C@H](CNC(=O)c2ccccn2)C(N)=O)cc1. The van der Waals surface area contributed by atoms with E-state index in [0.717, 1.165) is 11.3 Å². The first kappa shape index (κ1) is 17.5. The van der Waals surface area contributed by atoms with Crippen LogP contribution in [0.4, 0.5) is 0 Å². The van der Waals surface area contributed by atoms with Gasteiger partial charge in [-0.2, -0.15) is 0 Å². The molecule has 0 bridgehead atoms. The van der Waals surface area contributed by atoms with Crippen molar-refractivity contribution in [2.75, 3.05) is 13.2 Å². The van der Waals surface area contributed by atoms with Crippen molar-refractivity contribution in [3.63, 3.8) is 0 Å². The van der Waals surface area contributed by atoms with Crippen molar-refractivity contribution in [1.29, 1.82) is 0 Å². The van der Waals surface area contributed by atoms with Crippen LogP contribution >= 0.6 is 0 Å². The first-order valence-corrected chi connectivity index (χ1v) is 7.80. The molecule has 0 unspecified atom stereocenters. The summed E-state index contributed by atoms with van der Waals surface area (Å²) in [7, 11) is 0. The highest BCUT2D eigenvalue weighted by atomic mass is 16.5. The maximum Gasteiger partial charge on any atom is 0.269 e. The van der Waals surface area contributed by atoms with Gasteiger partial charge in [0.15, 0.2) is 0 Å². The molecule has 0 radical (unpaired) electrons. The van der Waals surface area contributed by atoms with Gasteiger partial charge in [-0.05, 0) is 43.2 Å². The van der Waals surface area contributed by atoms with Gasteiger partial charge in [-0.15, -0.1) is 0 Å². The van der Waals surface area contributed by atoms with E-state index in [1.54, 1.807) is 24.4 Å². The lowest BCUT2D eigenvalue weighted by molar-refractivity contribution is -0.121. The minimum atomic E-state index is -0.490. The second-order valence-electron chi connectivity index (χ2n) is 5.31. The molecule has 1 aromatic carbocycles. The third kappa shape index (κ3) is 5.08. The number of rotatable bonds is 8. The van der Waals surface area contributed by atoms with Gasteiger partial charge >= 0.3 is 0 Å². The highest BCUT2D eigenvalue weighted by Crippen LogP contribution is 2.15. The van der Waals surface area contributed by atoms with Crippen molar-refractivity contribution in [2.24, 2.45) is 11.7 Å². The van der Waals surface area contributed by atoms with Crippen molar-refractivity contribution in [1.82, 2.24) is 10.3 Å². The third-order valence-electron chi connectivity index (χ3n) is 3.53. The van der Waals surface area contributed by atoms with Gasteiger partial charge in [0.1, 0.15) is 11.4 Å². The van der Waals surface area contributed by atoms with Crippen molar-refractivity contribution >= 4 is 11.8 Å². The normalized spacial score (nSPS) is 11.5. The zero-order valence-corrected chi connectivity index (χ0v) is 13.6. The Morgan fingerprint density at radius 1 is 1.21 bits per heavy atom. The summed E-state index contributed by atoms with van der Waals surface area (Å²) in [6.45, 7) is 2.68. The van der Waals surface area contributed by atoms with E-state index in [1.165, 1.54) is 0 Å². The number of aromatic nitrogens is 1. The minimum absolute atomic E-state index is 0.165. The second-order valence-corrected chi connectivity index (χ2v) is 5.31. The van der Waals surface area contributed by atoms with E-state index in [-0.39, 0.29) is 12.5 Å². The van der Waals surface area contributed by atoms with Crippen LogP contribution in [0.5, 0.6) is 5.75 Å². The maximum atomic E-state index is 12.0. The lowest BCUT2D eigenvalue weighted by Gasteiger charge is -2.14. The van der Waals surface area contributed by atoms with Crippen LogP contribution in [0.1, 0.15) is 23.0 Å². The zero-order valence-electron chi connectivity index (χ0n) is 13.6. The number of carbonyl (C=O) groups is 2. The lowest BCUT2D eigenvalue weighted by Crippen LogP contribution is -2.37. The molecule has 2 amide bonds. The number of hydrogen-bond donors (Lipinski definition) is 2. The Balaban J connectivity index is 1.94. The first-order chi connectivity index (χ1) is 11.6. The Kier molecular flexibility index (Phi) is 6.31. The molecule has 0 saturated carbocycles. The molecule has 1 atom stereocenters. The number of hydrogen-bond acceptors (Lipinski definition) is 4. The summed E-state index contributed by atoms with van der Waals surface area (Å²) in [5, 5.41) is 2.71. The van der Waals surface area contributed by atoms with Crippen molar-refractivity contribution in [3.05, 3.63) is 59.9 Å². The van der Waals surface area contributed by atoms with Gasteiger partial charge in [0.25, 0.3) is 5.91 Å². The van der Waals surface area contributed by atoms with E-state index in [2.05, 4.69) is 10.3 Å². The molecule has 1 aromatic heterocycles. The molecule has 0 aliphatic heterocycles. The third-order valence-corrected chi connectivity index (χ3v) is 3.53. The van der Waals surface area contributed by atoms with Gasteiger partial charge in [-0.3, -0.25) is 14.6 Å². The van der Waals surface area contributed by atoms with Gasteiger partial charge in [0.05, 0.1) is 12.5 Å². The molecule has 0 saturated heterocycles. The summed E-state index contributed by atoms with van der Waals surface area (Å²) in [6, 6.07) is 12.6. The average molecular weight is 327 g/mol. The molecule has 0 spiro atoms. The smallest absolute Gasteiger partial charge is 0.269 e. The number of amides is 2. The number of ether oxygens (including phenoxy) is 1. The Bertz CT molecular complexity index is 672. The van der Waals surface area contributed by atoms with Crippen LogP contribution in [0.3, 0.4) is 0 Å². The predicted octanol–water partition coefficient (Wildman–Crippen LogP) is 1.55. The van der Waals surface area contributed by atoms with E-state index >= 15 is 0 Å². The van der Waals surface area contributed by atoms with Crippen molar-refractivity contribution in [2.45, 2.75) is 13.3 Å². The van der Waals surface area contributed by atoms with Crippen LogP contribution in [0, 0.1) is 5.92 Å². The van der Waals surface area contributed by atoms with Crippen LogP contribution in [0.15, 0.2) is 48.7 Å². The van der Waals surface area contributed by atoms with Crippen LogP contribution in [-0.4, -0.2) is 29.9 Å². The van der Waals surface area contributed by atoms with E-state index in [4.69, 9.17) is 10.5 Å². The molecule has 3 N–H and O–H groups in total. The number of nitrogens with two attached hydrogens (primary N) is 1. The fraction of sp³-hybridized carbons (Fsp3) is 0.278. The summed E-state index contributed by atoms with van der Waals surface area (Å²) in [6.07, 6.45) is 1.99.